The molecule has 0 spiro atoms. The van der Waals surface area contributed by atoms with Crippen LogP contribution in [0.5, 0.6) is 0 Å². The van der Waals surface area contributed by atoms with Crippen molar-refractivity contribution in [3.63, 3.8) is 0 Å². The van der Waals surface area contributed by atoms with Crippen molar-refractivity contribution in [1.82, 2.24) is 0 Å². The van der Waals surface area contributed by atoms with Gasteiger partial charge in [0.2, 0.25) is 0 Å². The zero-order chi connectivity index (χ0) is 10.0. The minimum atomic E-state index is -1.19. The second-order valence-corrected chi connectivity index (χ2v) is 2.82. The smallest absolute Gasteiger partial charge is 0.307 e. The molecule has 0 aromatic rings. The van der Waals surface area contributed by atoms with Gasteiger partial charge < -0.3 is 10.2 Å². The summed E-state index contributed by atoms with van der Waals surface area (Å²) in [7, 11) is 0. The van der Waals surface area contributed by atoms with Crippen LogP contribution in [0.25, 0.3) is 1.43 Å². The SMILES string of the molecule is [2H]OC(=O)[C@@H]1CC(=O)C[C@H]1C(=O)O. The third-order valence-electron chi connectivity index (χ3n) is 2.00. The van der Waals surface area contributed by atoms with Crippen LogP contribution in [0.3, 0.4) is 0 Å². The zero-order valence-electron chi connectivity index (χ0n) is 7.15. The molecule has 1 aliphatic rings. The van der Waals surface area contributed by atoms with Gasteiger partial charge in [-0.1, -0.05) is 0 Å². The summed E-state index contributed by atoms with van der Waals surface area (Å²) < 4.78 is 6.32. The summed E-state index contributed by atoms with van der Waals surface area (Å²) in [5, 5.41) is 12.3. The maximum absolute atomic E-state index is 10.9. The van der Waals surface area contributed by atoms with Crippen LogP contribution < -0.4 is 0 Å². The Labute approximate surface area is 69.5 Å². The molecule has 5 nitrogen and oxygen atoms in total. The topological polar surface area (TPSA) is 91.7 Å². The monoisotopic (exact) mass is 173 g/mol. The van der Waals surface area contributed by atoms with Gasteiger partial charge in [-0.05, 0) is 0 Å². The highest BCUT2D eigenvalue weighted by Gasteiger charge is 2.42. The van der Waals surface area contributed by atoms with Gasteiger partial charge in [0, 0.05) is 12.8 Å². The molecule has 1 rings (SSSR count). The van der Waals surface area contributed by atoms with Crippen molar-refractivity contribution in [2.24, 2.45) is 11.8 Å². The maximum Gasteiger partial charge on any atom is 0.307 e. The van der Waals surface area contributed by atoms with E-state index in [0.717, 1.165) is 0 Å². The number of aliphatic carboxylic acids is 2. The number of hydrogen-bond acceptors (Lipinski definition) is 4. The molecule has 1 fully saturated rings. The predicted molar refractivity (Wildman–Crippen MR) is 36.5 cm³/mol. The van der Waals surface area contributed by atoms with Crippen LogP contribution in [-0.2, 0) is 14.4 Å². The van der Waals surface area contributed by atoms with Gasteiger partial charge in [-0.3, -0.25) is 14.4 Å². The molecule has 0 saturated heterocycles. The van der Waals surface area contributed by atoms with Crippen molar-refractivity contribution in [3.8, 4) is 0 Å². The van der Waals surface area contributed by atoms with Crippen LogP contribution >= 0.6 is 0 Å². The van der Waals surface area contributed by atoms with Gasteiger partial charge >= 0.3 is 11.9 Å². The van der Waals surface area contributed by atoms with Crippen molar-refractivity contribution in [2.75, 3.05) is 0 Å². The molecule has 2 N–H and O–H groups in total. The Balaban J connectivity index is 2.77. The Morgan fingerprint density at radius 1 is 1.33 bits per heavy atom. The summed E-state index contributed by atoms with van der Waals surface area (Å²) in [6, 6.07) is 0. The molecule has 0 unspecified atom stereocenters. The van der Waals surface area contributed by atoms with E-state index in [2.05, 4.69) is 5.11 Å². The van der Waals surface area contributed by atoms with Crippen LogP contribution in [0.2, 0.25) is 0 Å². The molecule has 5 heteroatoms. The Kier molecular flexibility index (Phi) is 1.77. The number of carboxylic acid groups (broad SMARTS) is 2. The van der Waals surface area contributed by atoms with Crippen molar-refractivity contribution < 1.29 is 24.6 Å². The summed E-state index contributed by atoms with van der Waals surface area (Å²) >= 11 is 0. The highest BCUT2D eigenvalue weighted by atomic mass is 16.4. The lowest BCUT2D eigenvalue weighted by Crippen LogP contribution is -2.24. The first-order valence-corrected chi connectivity index (χ1v) is 3.47. The van der Waals surface area contributed by atoms with Crippen molar-refractivity contribution in [3.05, 3.63) is 0 Å². The van der Waals surface area contributed by atoms with Gasteiger partial charge in [0.05, 0.1) is 11.8 Å². The van der Waals surface area contributed by atoms with Gasteiger partial charge in [-0.2, -0.15) is 0 Å². The molecule has 0 amide bonds. The maximum atomic E-state index is 10.9. The molecule has 2 atom stereocenters. The van der Waals surface area contributed by atoms with Crippen molar-refractivity contribution in [1.29, 1.82) is 1.43 Å². The van der Waals surface area contributed by atoms with Crippen LogP contribution in [0, 0.1) is 11.8 Å². The Bertz CT molecular complexity index is 262. The van der Waals surface area contributed by atoms with E-state index in [0.29, 0.717) is 0 Å². The lowest BCUT2D eigenvalue weighted by atomic mass is 9.97. The molecular formula is C7H8O5. The molecule has 0 bridgehead atoms. The second-order valence-electron chi connectivity index (χ2n) is 2.82. The minimum absolute atomic E-state index is 0.130. The van der Waals surface area contributed by atoms with Gasteiger partial charge in [-0.25, -0.2) is 0 Å². The average molecular weight is 173 g/mol. The third-order valence-corrected chi connectivity index (χ3v) is 2.00. The van der Waals surface area contributed by atoms with Gasteiger partial charge in [0.25, 0.3) is 1.43 Å². The lowest BCUT2D eigenvalue weighted by molar-refractivity contribution is -0.152. The molecule has 0 aromatic carbocycles. The summed E-state index contributed by atoms with van der Waals surface area (Å²) in [6.45, 7) is 0. The molecule has 0 aromatic heterocycles. The summed E-state index contributed by atoms with van der Waals surface area (Å²) in [5.41, 5.74) is 0. The Morgan fingerprint density at radius 2 is 1.83 bits per heavy atom. The van der Waals surface area contributed by atoms with Crippen LogP contribution in [-0.4, -0.2) is 27.9 Å². The quantitative estimate of drug-likeness (QED) is 0.600. The number of carboxylic acids is 2. The fraction of sp³-hybridized carbons (Fsp3) is 0.571. The average Bonchev–Trinajstić information content (AvgIpc) is 2.46. The van der Waals surface area contributed by atoms with E-state index in [1.807, 2.05) is 0 Å². The van der Waals surface area contributed by atoms with Crippen molar-refractivity contribution >= 4 is 17.7 Å². The first-order chi connectivity index (χ1) is 6.06. The van der Waals surface area contributed by atoms with E-state index >= 15 is 0 Å². The normalized spacial score (nSPS) is 29.7. The number of Topliss-reactive ketones (excluding diaryl/α,β-unsaturated/α-hetero) is 1. The van der Waals surface area contributed by atoms with E-state index < -0.39 is 23.8 Å². The zero-order valence-corrected chi connectivity index (χ0v) is 6.15. The van der Waals surface area contributed by atoms with E-state index in [4.69, 9.17) is 6.54 Å². The number of hydrogen-bond donors (Lipinski definition) is 2. The fourth-order valence-electron chi connectivity index (χ4n) is 1.37. The first kappa shape index (κ1) is 7.27. The first-order valence-electron chi connectivity index (χ1n) is 3.88. The van der Waals surface area contributed by atoms with Gasteiger partial charge in [-0.15, -0.1) is 0 Å². The third kappa shape index (κ3) is 1.44. The van der Waals surface area contributed by atoms with Crippen LogP contribution in [0.15, 0.2) is 0 Å². The van der Waals surface area contributed by atoms with E-state index in [-0.39, 0.29) is 18.6 Å². The molecular weight excluding hydrogens is 164 g/mol. The molecule has 12 heavy (non-hydrogen) atoms. The Hall–Kier alpha value is -1.39. The lowest BCUT2D eigenvalue weighted by Gasteiger charge is -2.07. The number of carbonyl (C=O) groups excluding carboxylic acids is 1. The van der Waals surface area contributed by atoms with E-state index in [9.17, 15) is 14.4 Å². The minimum Gasteiger partial charge on any atom is -0.481 e. The summed E-state index contributed by atoms with van der Waals surface area (Å²) in [6.07, 6.45) is -0.274. The predicted octanol–water partition coefficient (Wildman–Crippen LogP) is -0.249. The summed E-state index contributed by atoms with van der Waals surface area (Å²) in [4.78, 5) is 32.3. The fourth-order valence-corrected chi connectivity index (χ4v) is 1.37. The number of ketones is 1. The molecule has 0 aliphatic heterocycles. The number of carbonyl (C=O) groups is 3. The van der Waals surface area contributed by atoms with Crippen LogP contribution in [0.1, 0.15) is 12.8 Å². The van der Waals surface area contributed by atoms with Crippen molar-refractivity contribution in [2.45, 2.75) is 12.8 Å². The molecule has 1 aliphatic carbocycles. The highest BCUT2D eigenvalue weighted by molar-refractivity contribution is 5.94. The second kappa shape index (κ2) is 2.92. The molecule has 0 radical (unpaired) electrons. The molecule has 0 heterocycles. The Morgan fingerprint density at radius 3 is 2.25 bits per heavy atom. The van der Waals surface area contributed by atoms with E-state index in [1.165, 1.54) is 0 Å². The van der Waals surface area contributed by atoms with Gasteiger partial charge in [0.15, 0.2) is 0 Å². The van der Waals surface area contributed by atoms with Crippen LogP contribution in [0.4, 0.5) is 0 Å². The van der Waals surface area contributed by atoms with E-state index in [1.54, 1.807) is 0 Å². The highest BCUT2D eigenvalue weighted by Crippen LogP contribution is 2.29. The van der Waals surface area contributed by atoms with Gasteiger partial charge in [0.1, 0.15) is 5.78 Å². The molecule has 66 valence electrons. The largest absolute Gasteiger partial charge is 0.481 e. The molecule has 1 saturated carbocycles. The summed E-state index contributed by atoms with van der Waals surface area (Å²) in [5.74, 6) is -4.42. The standard InChI is InChI=1S/C7H8O5/c8-3-1-4(6(9)10)5(2-3)7(11)12/h4-5H,1-2H2,(H,9,10)(H,11,12)/t4-,5-/m1/s1/i/hD. The number of rotatable bonds is 2.